The molecule has 15 heavy (non-hydrogen) atoms. The number of amides is 1. The van der Waals surface area contributed by atoms with Crippen molar-refractivity contribution in [1.29, 1.82) is 5.26 Å². The zero-order chi connectivity index (χ0) is 11.3. The summed E-state index contributed by atoms with van der Waals surface area (Å²) in [7, 11) is 0. The van der Waals surface area contributed by atoms with Gasteiger partial charge in [-0.3, -0.25) is 4.79 Å². The highest BCUT2D eigenvalue weighted by atomic mass is 16.2. The smallest absolute Gasteiger partial charge is 0.241 e. The lowest BCUT2D eigenvalue weighted by atomic mass is 10.1. The third-order valence-electron chi connectivity index (χ3n) is 2.82. The van der Waals surface area contributed by atoms with Crippen LogP contribution in [-0.2, 0) is 4.79 Å². The molecule has 1 rings (SSSR count). The van der Waals surface area contributed by atoms with Crippen molar-refractivity contribution in [2.45, 2.75) is 45.2 Å². The van der Waals surface area contributed by atoms with E-state index in [0.717, 1.165) is 25.9 Å². The SMILES string of the molecule is CCCCN1C(=O)C(CC#N)NCC1C. The molecule has 4 heteroatoms. The highest BCUT2D eigenvalue weighted by molar-refractivity contribution is 5.83. The minimum Gasteiger partial charge on any atom is -0.337 e. The van der Waals surface area contributed by atoms with E-state index in [1.54, 1.807) is 0 Å². The first-order chi connectivity index (χ1) is 7.20. The number of carbonyl (C=O) groups excluding carboxylic acids is 1. The molecule has 1 N–H and O–H groups in total. The highest BCUT2D eigenvalue weighted by Gasteiger charge is 2.31. The van der Waals surface area contributed by atoms with Crippen LogP contribution < -0.4 is 5.32 Å². The van der Waals surface area contributed by atoms with E-state index in [1.807, 2.05) is 17.9 Å². The molecular formula is C11H19N3O. The number of piperazine rings is 1. The number of rotatable bonds is 4. The van der Waals surface area contributed by atoms with E-state index in [4.69, 9.17) is 5.26 Å². The van der Waals surface area contributed by atoms with Crippen LogP contribution in [-0.4, -0.2) is 36.0 Å². The Morgan fingerprint density at radius 2 is 2.40 bits per heavy atom. The van der Waals surface area contributed by atoms with Crippen molar-refractivity contribution in [3.05, 3.63) is 0 Å². The first-order valence-corrected chi connectivity index (χ1v) is 5.61. The Kier molecular flexibility index (Phi) is 4.57. The van der Waals surface area contributed by atoms with E-state index in [0.29, 0.717) is 0 Å². The Labute approximate surface area is 91.2 Å². The summed E-state index contributed by atoms with van der Waals surface area (Å²) in [6, 6.07) is 2.01. The Balaban J connectivity index is 2.58. The van der Waals surface area contributed by atoms with Gasteiger partial charge in [0, 0.05) is 19.1 Å². The number of nitrogens with zero attached hydrogens (tertiary/aromatic N) is 2. The summed E-state index contributed by atoms with van der Waals surface area (Å²) < 4.78 is 0. The topological polar surface area (TPSA) is 56.1 Å². The molecule has 0 bridgehead atoms. The van der Waals surface area contributed by atoms with Crippen LogP contribution in [0, 0.1) is 11.3 Å². The van der Waals surface area contributed by atoms with Crippen LogP contribution in [0.1, 0.15) is 33.1 Å². The van der Waals surface area contributed by atoms with Gasteiger partial charge in [0.15, 0.2) is 0 Å². The summed E-state index contributed by atoms with van der Waals surface area (Å²) in [5.74, 6) is 0.0868. The fourth-order valence-corrected chi connectivity index (χ4v) is 1.84. The third-order valence-corrected chi connectivity index (χ3v) is 2.82. The average molecular weight is 209 g/mol. The molecule has 2 atom stereocenters. The van der Waals surface area contributed by atoms with E-state index >= 15 is 0 Å². The lowest BCUT2D eigenvalue weighted by molar-refractivity contribution is -0.138. The molecule has 0 aromatic heterocycles. The number of hydrogen-bond donors (Lipinski definition) is 1. The fraction of sp³-hybridized carbons (Fsp3) is 0.818. The van der Waals surface area contributed by atoms with Gasteiger partial charge in [-0.25, -0.2) is 0 Å². The van der Waals surface area contributed by atoms with Gasteiger partial charge in [-0.05, 0) is 13.3 Å². The maximum atomic E-state index is 11.9. The Bertz CT molecular complexity index is 259. The number of unbranched alkanes of at least 4 members (excludes halogenated alkanes) is 1. The molecule has 1 aliphatic rings. The van der Waals surface area contributed by atoms with Crippen molar-refractivity contribution in [3.63, 3.8) is 0 Å². The molecule has 0 aliphatic carbocycles. The standard InChI is InChI=1S/C11H19N3O/c1-3-4-7-14-9(2)8-13-10(5-6-12)11(14)15/h9-10,13H,3-5,7-8H2,1-2H3. The second-order valence-corrected chi connectivity index (χ2v) is 4.06. The predicted molar refractivity (Wildman–Crippen MR) is 58.1 cm³/mol. The van der Waals surface area contributed by atoms with Crippen LogP contribution in [0.3, 0.4) is 0 Å². The van der Waals surface area contributed by atoms with Crippen LogP contribution in [0.5, 0.6) is 0 Å². The molecule has 0 aromatic carbocycles. The fourth-order valence-electron chi connectivity index (χ4n) is 1.84. The Morgan fingerprint density at radius 1 is 1.67 bits per heavy atom. The van der Waals surface area contributed by atoms with E-state index < -0.39 is 0 Å². The van der Waals surface area contributed by atoms with Gasteiger partial charge < -0.3 is 10.2 Å². The predicted octanol–water partition coefficient (Wildman–Crippen LogP) is 0.889. The molecule has 1 aliphatic heterocycles. The molecule has 0 radical (unpaired) electrons. The van der Waals surface area contributed by atoms with Crippen LogP contribution in [0.2, 0.25) is 0 Å². The summed E-state index contributed by atoms with van der Waals surface area (Å²) >= 11 is 0. The highest BCUT2D eigenvalue weighted by Crippen LogP contribution is 2.11. The quantitative estimate of drug-likeness (QED) is 0.748. The average Bonchev–Trinajstić information content (AvgIpc) is 2.22. The second-order valence-electron chi connectivity index (χ2n) is 4.06. The number of carbonyl (C=O) groups is 1. The minimum absolute atomic E-state index is 0.0868. The van der Waals surface area contributed by atoms with Crippen LogP contribution >= 0.6 is 0 Å². The summed E-state index contributed by atoms with van der Waals surface area (Å²) in [6.07, 6.45) is 2.40. The molecule has 0 spiro atoms. The first kappa shape index (κ1) is 12.0. The molecule has 1 saturated heterocycles. The molecule has 1 heterocycles. The van der Waals surface area contributed by atoms with Crippen molar-refractivity contribution < 1.29 is 4.79 Å². The molecule has 1 amide bonds. The molecule has 84 valence electrons. The maximum absolute atomic E-state index is 11.9. The van der Waals surface area contributed by atoms with Gasteiger partial charge >= 0.3 is 0 Å². The van der Waals surface area contributed by atoms with Crippen molar-refractivity contribution in [1.82, 2.24) is 10.2 Å². The summed E-state index contributed by atoms with van der Waals surface area (Å²) in [6.45, 7) is 5.77. The van der Waals surface area contributed by atoms with Gasteiger partial charge in [0.25, 0.3) is 0 Å². The van der Waals surface area contributed by atoms with E-state index in [1.165, 1.54) is 0 Å². The molecule has 0 saturated carbocycles. The van der Waals surface area contributed by atoms with Gasteiger partial charge in [0.1, 0.15) is 6.04 Å². The van der Waals surface area contributed by atoms with Crippen molar-refractivity contribution >= 4 is 5.91 Å². The van der Waals surface area contributed by atoms with Gasteiger partial charge in [0.05, 0.1) is 12.5 Å². The molecule has 2 unspecified atom stereocenters. The van der Waals surface area contributed by atoms with Crippen LogP contribution in [0.25, 0.3) is 0 Å². The van der Waals surface area contributed by atoms with Crippen molar-refractivity contribution in [2.24, 2.45) is 0 Å². The molecule has 4 nitrogen and oxygen atoms in total. The first-order valence-electron chi connectivity index (χ1n) is 5.61. The summed E-state index contributed by atoms with van der Waals surface area (Å²) in [4.78, 5) is 13.8. The largest absolute Gasteiger partial charge is 0.337 e. The molecule has 1 fully saturated rings. The Morgan fingerprint density at radius 3 is 3.00 bits per heavy atom. The number of hydrogen-bond acceptors (Lipinski definition) is 3. The number of nitrogens with one attached hydrogen (secondary N) is 1. The summed E-state index contributed by atoms with van der Waals surface area (Å²) in [5.41, 5.74) is 0. The lowest BCUT2D eigenvalue weighted by Crippen LogP contribution is -2.59. The van der Waals surface area contributed by atoms with E-state index in [9.17, 15) is 4.79 Å². The third kappa shape index (κ3) is 2.93. The molecular weight excluding hydrogens is 190 g/mol. The second kappa shape index (κ2) is 5.72. The van der Waals surface area contributed by atoms with Crippen molar-refractivity contribution in [2.75, 3.05) is 13.1 Å². The van der Waals surface area contributed by atoms with E-state index in [2.05, 4.69) is 12.2 Å². The Hall–Kier alpha value is -1.08. The minimum atomic E-state index is -0.289. The van der Waals surface area contributed by atoms with Gasteiger partial charge in [-0.15, -0.1) is 0 Å². The van der Waals surface area contributed by atoms with Gasteiger partial charge in [0.2, 0.25) is 5.91 Å². The van der Waals surface area contributed by atoms with Crippen LogP contribution in [0.4, 0.5) is 0 Å². The monoisotopic (exact) mass is 209 g/mol. The summed E-state index contributed by atoms with van der Waals surface area (Å²) in [5, 5.41) is 11.7. The van der Waals surface area contributed by atoms with Crippen LogP contribution in [0.15, 0.2) is 0 Å². The number of nitriles is 1. The zero-order valence-corrected chi connectivity index (χ0v) is 9.49. The molecule has 0 aromatic rings. The van der Waals surface area contributed by atoms with E-state index in [-0.39, 0.29) is 24.4 Å². The van der Waals surface area contributed by atoms with Crippen molar-refractivity contribution in [3.8, 4) is 6.07 Å². The normalized spacial score (nSPS) is 26.5. The zero-order valence-electron chi connectivity index (χ0n) is 9.49. The lowest BCUT2D eigenvalue weighted by Gasteiger charge is -2.37. The maximum Gasteiger partial charge on any atom is 0.241 e. The van der Waals surface area contributed by atoms with Gasteiger partial charge in [-0.1, -0.05) is 13.3 Å². The van der Waals surface area contributed by atoms with Gasteiger partial charge in [-0.2, -0.15) is 5.26 Å².